The number of esters is 1. The van der Waals surface area contributed by atoms with E-state index in [0.717, 1.165) is 25.7 Å². The van der Waals surface area contributed by atoms with Gasteiger partial charge < -0.3 is 20.1 Å². The zero-order valence-electron chi connectivity index (χ0n) is 17.3. The number of carbonyl (C=O) groups excluding carboxylic acids is 3. The molecule has 4 rings (SSSR count). The van der Waals surface area contributed by atoms with Gasteiger partial charge in [0.15, 0.2) is 0 Å². The van der Waals surface area contributed by atoms with Gasteiger partial charge in [0.05, 0.1) is 23.2 Å². The molecule has 168 valence electrons. The van der Waals surface area contributed by atoms with Crippen molar-refractivity contribution in [1.29, 1.82) is 0 Å². The van der Waals surface area contributed by atoms with Crippen molar-refractivity contribution in [1.82, 2.24) is 10.2 Å². The monoisotopic (exact) mass is 502 g/mol. The van der Waals surface area contributed by atoms with E-state index in [2.05, 4.69) is 21.2 Å². The third-order valence-corrected chi connectivity index (χ3v) is 10.3. The molecule has 3 saturated heterocycles. The highest BCUT2D eigenvalue weighted by molar-refractivity contribution is 9.09. The number of hydrogen-bond acceptors (Lipinski definition) is 6. The van der Waals surface area contributed by atoms with Gasteiger partial charge in [0, 0.05) is 29.3 Å². The standard InChI is InChI=1S/C21H31BrN2O5S/c1-2-29-20(28)14-15-19(27)24(9-6-10-25)17(21(15)11-13(22)16(14)30-21)18(26)23-12-7-4-3-5-8-12/h12-17,25H,2-11H2,1H3,(H,23,26)/t13?,14-,15-,16-,17?,21?/m0/s1. The van der Waals surface area contributed by atoms with Crippen LogP contribution in [0.4, 0.5) is 0 Å². The number of aliphatic hydroxyl groups excluding tert-OH is 1. The van der Waals surface area contributed by atoms with Crippen molar-refractivity contribution in [2.75, 3.05) is 19.8 Å². The van der Waals surface area contributed by atoms with Crippen LogP contribution < -0.4 is 5.32 Å². The molecule has 3 unspecified atom stereocenters. The van der Waals surface area contributed by atoms with E-state index in [0.29, 0.717) is 19.4 Å². The van der Waals surface area contributed by atoms with E-state index in [1.54, 1.807) is 23.6 Å². The number of nitrogens with one attached hydrogen (secondary N) is 1. The topological polar surface area (TPSA) is 95.9 Å². The average Bonchev–Trinajstić information content (AvgIpc) is 3.31. The number of fused-ring (bicyclic) bond motifs is 1. The highest BCUT2D eigenvalue weighted by atomic mass is 79.9. The summed E-state index contributed by atoms with van der Waals surface area (Å²) in [4.78, 5) is 41.6. The summed E-state index contributed by atoms with van der Waals surface area (Å²) in [5.74, 6) is -1.66. The summed E-state index contributed by atoms with van der Waals surface area (Å²) in [6.07, 6.45) is 6.46. The lowest BCUT2D eigenvalue weighted by atomic mass is 9.71. The molecular formula is C21H31BrN2O5S. The molecule has 30 heavy (non-hydrogen) atoms. The van der Waals surface area contributed by atoms with Gasteiger partial charge in [-0.3, -0.25) is 14.4 Å². The van der Waals surface area contributed by atoms with Crippen LogP contribution in [0.1, 0.15) is 51.9 Å². The van der Waals surface area contributed by atoms with Gasteiger partial charge in [0.1, 0.15) is 6.04 Å². The van der Waals surface area contributed by atoms with Crippen LogP contribution in [0, 0.1) is 11.8 Å². The smallest absolute Gasteiger partial charge is 0.310 e. The van der Waals surface area contributed by atoms with E-state index in [-0.39, 0.29) is 47.1 Å². The first kappa shape index (κ1) is 22.4. The van der Waals surface area contributed by atoms with Crippen LogP contribution in [0.5, 0.6) is 0 Å². The summed E-state index contributed by atoms with van der Waals surface area (Å²) in [5, 5.41) is 12.5. The van der Waals surface area contributed by atoms with Crippen molar-refractivity contribution >= 4 is 45.5 Å². The van der Waals surface area contributed by atoms with Gasteiger partial charge >= 0.3 is 5.97 Å². The van der Waals surface area contributed by atoms with E-state index in [4.69, 9.17) is 4.74 Å². The first-order chi connectivity index (χ1) is 14.4. The van der Waals surface area contributed by atoms with E-state index >= 15 is 0 Å². The minimum atomic E-state index is -0.623. The Bertz CT molecular complexity index is 703. The normalized spacial score (nSPS) is 38.0. The highest BCUT2D eigenvalue weighted by Gasteiger charge is 2.75. The molecule has 2 N–H and O–H groups in total. The summed E-state index contributed by atoms with van der Waals surface area (Å²) in [6.45, 7) is 2.32. The van der Waals surface area contributed by atoms with Crippen LogP contribution in [-0.4, -0.2) is 74.5 Å². The largest absolute Gasteiger partial charge is 0.466 e. The van der Waals surface area contributed by atoms with E-state index in [9.17, 15) is 19.5 Å². The molecule has 0 radical (unpaired) electrons. The molecule has 0 aromatic heterocycles. The van der Waals surface area contributed by atoms with Crippen molar-refractivity contribution in [3.8, 4) is 0 Å². The number of aliphatic hydroxyl groups is 1. The number of carbonyl (C=O) groups is 3. The Balaban J connectivity index is 1.65. The molecule has 6 atom stereocenters. The number of hydrogen-bond donors (Lipinski definition) is 2. The second-order valence-electron chi connectivity index (χ2n) is 8.87. The second-order valence-corrected chi connectivity index (χ2v) is 11.6. The minimum Gasteiger partial charge on any atom is -0.466 e. The molecule has 2 amide bonds. The quantitative estimate of drug-likeness (QED) is 0.407. The summed E-state index contributed by atoms with van der Waals surface area (Å²) < 4.78 is 4.71. The summed E-state index contributed by atoms with van der Waals surface area (Å²) in [6, 6.07) is -0.460. The molecule has 0 aromatic carbocycles. The molecule has 7 nitrogen and oxygen atoms in total. The number of halogens is 1. The SMILES string of the molecule is CCOC(=O)[C@H]1[C@H]2C(=O)N(CCCO)C(C(=O)NC3CCCCC3)C23CC(Br)[C@@H]1S3. The maximum atomic E-state index is 13.6. The maximum absolute atomic E-state index is 13.6. The van der Waals surface area contributed by atoms with Crippen molar-refractivity contribution in [3.63, 3.8) is 0 Å². The van der Waals surface area contributed by atoms with E-state index in [1.165, 1.54) is 6.42 Å². The number of amides is 2. The lowest BCUT2D eigenvalue weighted by Crippen LogP contribution is -2.56. The maximum Gasteiger partial charge on any atom is 0.310 e. The highest BCUT2D eigenvalue weighted by Crippen LogP contribution is 2.67. The Labute approximate surface area is 190 Å². The number of rotatable bonds is 7. The Morgan fingerprint density at radius 3 is 2.73 bits per heavy atom. The molecule has 3 heterocycles. The molecule has 2 bridgehead atoms. The van der Waals surface area contributed by atoms with Gasteiger partial charge in [-0.1, -0.05) is 35.2 Å². The lowest BCUT2D eigenvalue weighted by Gasteiger charge is -2.36. The Hall–Kier alpha value is -0.800. The molecular weight excluding hydrogens is 472 g/mol. The van der Waals surface area contributed by atoms with E-state index in [1.807, 2.05) is 0 Å². The summed E-state index contributed by atoms with van der Waals surface area (Å²) in [5.41, 5.74) is 0. The predicted octanol–water partition coefficient (Wildman–Crippen LogP) is 1.85. The average molecular weight is 503 g/mol. The van der Waals surface area contributed by atoms with Gasteiger partial charge in [-0.25, -0.2) is 0 Å². The third kappa shape index (κ3) is 3.58. The van der Waals surface area contributed by atoms with Crippen molar-refractivity contribution in [2.45, 2.75) is 78.8 Å². The molecule has 9 heteroatoms. The molecule has 4 fully saturated rings. The fourth-order valence-electron chi connectivity index (χ4n) is 5.95. The lowest BCUT2D eigenvalue weighted by molar-refractivity contribution is -0.153. The first-order valence-electron chi connectivity index (χ1n) is 11.1. The molecule has 1 saturated carbocycles. The number of nitrogens with zero attached hydrogens (tertiary/aromatic N) is 1. The fourth-order valence-corrected chi connectivity index (χ4v) is 9.55. The van der Waals surface area contributed by atoms with Gasteiger partial charge in [-0.05, 0) is 32.6 Å². The molecule has 3 aliphatic heterocycles. The molecule has 4 aliphatic rings. The molecule has 1 aliphatic carbocycles. The minimum absolute atomic E-state index is 0.0451. The zero-order valence-corrected chi connectivity index (χ0v) is 19.8. The number of alkyl halides is 1. The zero-order chi connectivity index (χ0) is 21.5. The van der Waals surface area contributed by atoms with Crippen molar-refractivity contribution in [3.05, 3.63) is 0 Å². The van der Waals surface area contributed by atoms with Crippen LogP contribution in [0.25, 0.3) is 0 Å². The van der Waals surface area contributed by atoms with Gasteiger partial charge in [-0.2, -0.15) is 0 Å². The van der Waals surface area contributed by atoms with Crippen LogP contribution in [0.3, 0.4) is 0 Å². The first-order valence-corrected chi connectivity index (χ1v) is 12.9. The summed E-state index contributed by atoms with van der Waals surface area (Å²) in [7, 11) is 0. The van der Waals surface area contributed by atoms with E-state index < -0.39 is 22.6 Å². The molecule has 0 aromatic rings. The van der Waals surface area contributed by atoms with Crippen LogP contribution in [-0.2, 0) is 19.1 Å². The number of thioether (sulfide) groups is 1. The number of likely N-dealkylation sites (tertiary alicyclic amines) is 1. The fraction of sp³-hybridized carbons (Fsp3) is 0.857. The second kappa shape index (κ2) is 8.98. The third-order valence-electron chi connectivity index (χ3n) is 7.10. The predicted molar refractivity (Wildman–Crippen MR) is 117 cm³/mol. The Morgan fingerprint density at radius 1 is 1.33 bits per heavy atom. The molecule has 1 spiro atoms. The summed E-state index contributed by atoms with van der Waals surface area (Å²) >= 11 is 5.35. The van der Waals surface area contributed by atoms with Crippen molar-refractivity contribution in [2.24, 2.45) is 11.8 Å². The van der Waals surface area contributed by atoms with Crippen LogP contribution in [0.15, 0.2) is 0 Å². The van der Waals surface area contributed by atoms with Crippen molar-refractivity contribution < 1.29 is 24.2 Å². The Morgan fingerprint density at radius 2 is 2.07 bits per heavy atom. The van der Waals surface area contributed by atoms with Crippen LogP contribution in [0.2, 0.25) is 0 Å². The van der Waals surface area contributed by atoms with Gasteiger partial charge in [-0.15, -0.1) is 11.8 Å². The Kier molecular flexibility index (Phi) is 6.70. The number of ether oxygens (including phenoxy) is 1. The van der Waals surface area contributed by atoms with Gasteiger partial charge in [0.2, 0.25) is 11.8 Å². The van der Waals surface area contributed by atoms with Crippen LogP contribution >= 0.6 is 27.7 Å². The van der Waals surface area contributed by atoms with Gasteiger partial charge in [0.25, 0.3) is 0 Å².